The van der Waals surface area contributed by atoms with Crippen LogP contribution >= 0.6 is 0 Å². The first-order chi connectivity index (χ1) is 11.2. The maximum absolute atomic E-state index is 12.6. The molecule has 0 bridgehead atoms. The van der Waals surface area contributed by atoms with Gasteiger partial charge >= 0.3 is 5.97 Å². The average Bonchev–Trinajstić information content (AvgIpc) is 2.49. The molecule has 0 amide bonds. The van der Waals surface area contributed by atoms with Gasteiger partial charge in [0.2, 0.25) is 12.3 Å². The van der Waals surface area contributed by atoms with E-state index in [1.165, 1.54) is 6.08 Å². The van der Waals surface area contributed by atoms with Gasteiger partial charge in [0.15, 0.2) is 0 Å². The van der Waals surface area contributed by atoms with Crippen LogP contribution in [-0.4, -0.2) is 28.8 Å². The summed E-state index contributed by atoms with van der Waals surface area (Å²) in [6.45, 7) is 8.13. The van der Waals surface area contributed by atoms with E-state index in [1.54, 1.807) is 51.1 Å². The number of nitro groups is 1. The van der Waals surface area contributed by atoms with Crippen molar-refractivity contribution in [1.82, 2.24) is 0 Å². The summed E-state index contributed by atoms with van der Waals surface area (Å²) in [4.78, 5) is 35.3. The molecular weight excluding hydrogens is 310 g/mol. The van der Waals surface area contributed by atoms with Crippen LogP contribution in [0.4, 0.5) is 0 Å². The highest BCUT2D eigenvalue weighted by atomic mass is 16.6. The number of ether oxygens (including phenoxy) is 1. The lowest BCUT2D eigenvalue weighted by Gasteiger charge is -2.24. The molecule has 0 aliphatic heterocycles. The van der Waals surface area contributed by atoms with Crippen LogP contribution in [0.25, 0.3) is 0 Å². The predicted octanol–water partition coefficient (Wildman–Crippen LogP) is 3.15. The Morgan fingerprint density at radius 2 is 1.88 bits per heavy atom. The van der Waals surface area contributed by atoms with Gasteiger partial charge in [-0.05, 0) is 32.8 Å². The quantitative estimate of drug-likeness (QED) is 0.240. The van der Waals surface area contributed by atoms with E-state index < -0.39 is 40.7 Å². The third kappa shape index (κ3) is 5.95. The van der Waals surface area contributed by atoms with E-state index in [4.69, 9.17) is 4.74 Å². The Morgan fingerprint density at radius 3 is 2.33 bits per heavy atom. The molecule has 130 valence electrons. The molecule has 0 unspecified atom stereocenters. The zero-order valence-corrected chi connectivity index (χ0v) is 14.2. The van der Waals surface area contributed by atoms with Gasteiger partial charge in [-0.15, -0.1) is 6.58 Å². The van der Waals surface area contributed by atoms with Gasteiger partial charge in [-0.2, -0.15) is 0 Å². The van der Waals surface area contributed by atoms with Gasteiger partial charge in [-0.3, -0.25) is 14.9 Å². The first kappa shape index (κ1) is 19.5. The van der Waals surface area contributed by atoms with Gasteiger partial charge in [-0.1, -0.05) is 36.4 Å². The van der Waals surface area contributed by atoms with E-state index in [2.05, 4.69) is 6.58 Å². The summed E-state index contributed by atoms with van der Waals surface area (Å²) in [5.41, 5.74) is -0.172. The number of hydrogen-bond donors (Lipinski definition) is 0. The van der Waals surface area contributed by atoms with Gasteiger partial charge in [0.05, 0.1) is 5.92 Å². The molecular formula is C18H23NO5. The van der Waals surface area contributed by atoms with Crippen LogP contribution in [0.3, 0.4) is 0 Å². The van der Waals surface area contributed by atoms with Crippen LogP contribution in [0.1, 0.15) is 38.7 Å². The van der Waals surface area contributed by atoms with Gasteiger partial charge in [0.25, 0.3) is 0 Å². The lowest BCUT2D eigenvalue weighted by atomic mass is 9.81. The van der Waals surface area contributed by atoms with Crippen molar-refractivity contribution in [2.24, 2.45) is 5.92 Å². The normalized spacial score (nSPS) is 13.6. The fraction of sp³-hybridized carbons (Fsp3) is 0.444. The Balaban J connectivity index is 3.16. The summed E-state index contributed by atoms with van der Waals surface area (Å²) in [6, 6.07) is 8.70. The van der Waals surface area contributed by atoms with E-state index in [0.717, 1.165) is 0 Å². The van der Waals surface area contributed by atoms with Crippen molar-refractivity contribution < 1.29 is 19.2 Å². The third-order valence-corrected chi connectivity index (χ3v) is 3.42. The molecule has 6 nitrogen and oxygen atoms in total. The molecule has 0 spiro atoms. The summed E-state index contributed by atoms with van der Waals surface area (Å²) in [5, 5.41) is 11.1. The number of nitrogens with zero attached hydrogens (tertiary/aromatic N) is 1. The van der Waals surface area contributed by atoms with Gasteiger partial charge in [0.1, 0.15) is 5.60 Å². The van der Waals surface area contributed by atoms with Gasteiger partial charge in [0, 0.05) is 10.8 Å². The van der Waals surface area contributed by atoms with Crippen molar-refractivity contribution in [2.45, 2.75) is 38.7 Å². The number of hydrogen-bond acceptors (Lipinski definition) is 5. The highest BCUT2D eigenvalue weighted by Crippen LogP contribution is 2.29. The Bertz CT molecular complexity index is 604. The first-order valence-electron chi connectivity index (χ1n) is 7.70. The number of carbonyl (C=O) groups excluding carboxylic acids is 2. The number of allylic oxidation sites excluding steroid dienone is 1. The molecule has 0 aliphatic carbocycles. The summed E-state index contributed by atoms with van der Waals surface area (Å²) in [7, 11) is 0. The first-order valence-corrected chi connectivity index (χ1v) is 7.70. The molecule has 0 saturated heterocycles. The third-order valence-electron chi connectivity index (χ3n) is 3.42. The van der Waals surface area contributed by atoms with E-state index >= 15 is 0 Å². The molecule has 1 rings (SSSR count). The van der Waals surface area contributed by atoms with E-state index in [-0.39, 0.29) is 6.42 Å². The number of rotatable bonds is 8. The number of benzene rings is 1. The van der Waals surface area contributed by atoms with Crippen LogP contribution in [0.2, 0.25) is 0 Å². The number of ketones is 1. The Labute approximate surface area is 141 Å². The van der Waals surface area contributed by atoms with Crippen molar-refractivity contribution in [3.8, 4) is 0 Å². The summed E-state index contributed by atoms with van der Waals surface area (Å²) < 4.78 is 5.13. The number of Topliss-reactive ketones (excluding diaryl/α,β-unsaturated/α-hetero) is 1. The standard InChI is InChI=1S/C18H23NO5/c1-5-9-14(16(20)17(21)24-18(2,3)4)15(12-19(22)23)13-10-7-6-8-11-13/h5-8,10-11,14-15H,1,9,12H2,2-4H3/t14-,15+/m1/s1. The second-order valence-corrected chi connectivity index (χ2v) is 6.53. The molecule has 2 atom stereocenters. The molecule has 0 heterocycles. The highest BCUT2D eigenvalue weighted by molar-refractivity contribution is 6.34. The molecule has 0 saturated carbocycles. The number of carbonyl (C=O) groups is 2. The molecule has 0 aromatic heterocycles. The zero-order chi connectivity index (χ0) is 18.3. The van der Waals surface area contributed by atoms with Crippen molar-refractivity contribution in [3.05, 3.63) is 58.7 Å². The summed E-state index contributed by atoms with van der Waals surface area (Å²) >= 11 is 0. The molecule has 0 fully saturated rings. The zero-order valence-electron chi connectivity index (χ0n) is 14.2. The van der Waals surface area contributed by atoms with Crippen LogP contribution in [0.5, 0.6) is 0 Å². The van der Waals surface area contributed by atoms with Crippen LogP contribution in [0.15, 0.2) is 43.0 Å². The second kappa shape index (κ2) is 8.38. The van der Waals surface area contributed by atoms with Gasteiger partial charge in [-0.25, -0.2) is 4.79 Å². The van der Waals surface area contributed by atoms with Crippen molar-refractivity contribution in [3.63, 3.8) is 0 Å². The minimum Gasteiger partial charge on any atom is -0.454 e. The maximum atomic E-state index is 12.6. The summed E-state index contributed by atoms with van der Waals surface area (Å²) in [5.74, 6) is -3.34. The Kier molecular flexibility index (Phi) is 6.82. The Morgan fingerprint density at radius 1 is 1.29 bits per heavy atom. The number of esters is 1. The molecule has 24 heavy (non-hydrogen) atoms. The lowest BCUT2D eigenvalue weighted by molar-refractivity contribution is -0.484. The topological polar surface area (TPSA) is 86.5 Å². The van der Waals surface area contributed by atoms with Crippen LogP contribution in [-0.2, 0) is 14.3 Å². The molecule has 0 radical (unpaired) electrons. The van der Waals surface area contributed by atoms with Crippen molar-refractivity contribution >= 4 is 11.8 Å². The van der Waals surface area contributed by atoms with Crippen LogP contribution in [0, 0.1) is 16.0 Å². The summed E-state index contributed by atoms with van der Waals surface area (Å²) in [6.07, 6.45) is 1.65. The monoisotopic (exact) mass is 333 g/mol. The minimum absolute atomic E-state index is 0.158. The maximum Gasteiger partial charge on any atom is 0.375 e. The van der Waals surface area contributed by atoms with E-state index in [1.807, 2.05) is 0 Å². The molecule has 6 heteroatoms. The lowest BCUT2D eigenvalue weighted by Crippen LogP contribution is -2.36. The Hall–Kier alpha value is -2.50. The van der Waals surface area contributed by atoms with Crippen molar-refractivity contribution in [1.29, 1.82) is 0 Å². The minimum atomic E-state index is -0.973. The van der Waals surface area contributed by atoms with Crippen LogP contribution < -0.4 is 0 Å². The fourth-order valence-corrected chi connectivity index (χ4v) is 2.44. The molecule has 0 aliphatic rings. The predicted molar refractivity (Wildman–Crippen MR) is 90.2 cm³/mol. The smallest absolute Gasteiger partial charge is 0.375 e. The average molecular weight is 333 g/mol. The van der Waals surface area contributed by atoms with Crippen molar-refractivity contribution in [2.75, 3.05) is 6.54 Å². The SMILES string of the molecule is C=CC[C@@H](C(=O)C(=O)OC(C)(C)C)[C@@H](C[N+](=O)[O-])c1ccccc1. The molecule has 0 N–H and O–H groups in total. The van der Waals surface area contributed by atoms with E-state index in [0.29, 0.717) is 5.56 Å². The van der Waals surface area contributed by atoms with Gasteiger partial charge < -0.3 is 4.74 Å². The fourth-order valence-electron chi connectivity index (χ4n) is 2.44. The largest absolute Gasteiger partial charge is 0.454 e. The highest BCUT2D eigenvalue weighted by Gasteiger charge is 2.37. The second-order valence-electron chi connectivity index (χ2n) is 6.53. The van der Waals surface area contributed by atoms with E-state index in [9.17, 15) is 19.7 Å². The molecule has 1 aromatic rings. The molecule has 1 aromatic carbocycles.